The van der Waals surface area contributed by atoms with Crippen LogP contribution in [-0.2, 0) is 9.53 Å². The summed E-state index contributed by atoms with van der Waals surface area (Å²) < 4.78 is 4.79. The van der Waals surface area contributed by atoms with Crippen molar-refractivity contribution in [2.75, 3.05) is 6.61 Å². The van der Waals surface area contributed by atoms with Gasteiger partial charge in [-0.05, 0) is 18.2 Å². The minimum atomic E-state index is -0.265. The van der Waals surface area contributed by atoms with Crippen molar-refractivity contribution >= 4 is 29.2 Å². The average molecular weight is 257 g/mol. The molecule has 84 valence electrons. The highest BCUT2D eigenvalue weighted by molar-refractivity contribution is 6.34. The second-order valence-electron chi connectivity index (χ2n) is 2.97. The van der Waals surface area contributed by atoms with Crippen molar-refractivity contribution in [3.8, 4) is 11.8 Å². The van der Waals surface area contributed by atoms with Crippen LogP contribution in [-0.4, -0.2) is 12.6 Å². The second-order valence-corrected chi connectivity index (χ2v) is 3.85. The van der Waals surface area contributed by atoms with E-state index in [1.54, 1.807) is 25.1 Å². The molecular weight excluding hydrogens is 247 g/mol. The predicted octanol–water partition coefficient (Wildman–Crippen LogP) is 3.30. The Morgan fingerprint density at radius 1 is 1.31 bits per heavy atom. The topological polar surface area (TPSA) is 26.3 Å². The fraction of sp³-hybridized carbons (Fsp3) is 0.250. The van der Waals surface area contributed by atoms with Crippen molar-refractivity contribution in [2.45, 2.75) is 13.3 Å². The van der Waals surface area contributed by atoms with Gasteiger partial charge >= 0.3 is 5.97 Å². The maximum Gasteiger partial charge on any atom is 0.306 e. The maximum atomic E-state index is 10.8. The van der Waals surface area contributed by atoms with Gasteiger partial charge in [-0.15, -0.1) is 0 Å². The van der Waals surface area contributed by atoms with Crippen molar-refractivity contribution in [2.24, 2.45) is 0 Å². The molecule has 0 spiro atoms. The molecule has 0 saturated carbocycles. The van der Waals surface area contributed by atoms with Crippen LogP contribution in [0.4, 0.5) is 0 Å². The third-order valence-corrected chi connectivity index (χ3v) is 2.13. The first kappa shape index (κ1) is 12.9. The number of carbonyl (C=O) groups excluding carboxylic acids is 1. The van der Waals surface area contributed by atoms with Gasteiger partial charge in [0.1, 0.15) is 0 Å². The van der Waals surface area contributed by atoms with Gasteiger partial charge < -0.3 is 4.74 Å². The Bertz CT molecular complexity index is 424. The van der Waals surface area contributed by atoms with Crippen LogP contribution in [0.2, 0.25) is 10.0 Å². The Hall–Kier alpha value is -1.17. The number of hydrogen-bond donors (Lipinski definition) is 0. The SMILES string of the molecule is CCC(=O)OCC#Cc1cc(Cl)cc(Cl)c1. The summed E-state index contributed by atoms with van der Waals surface area (Å²) in [4.78, 5) is 10.8. The lowest BCUT2D eigenvalue weighted by Gasteiger charge is -1.96. The Balaban J connectivity index is 2.59. The minimum absolute atomic E-state index is 0.0802. The smallest absolute Gasteiger partial charge is 0.306 e. The molecule has 0 aromatic heterocycles. The van der Waals surface area contributed by atoms with Gasteiger partial charge in [-0.25, -0.2) is 0 Å². The number of rotatable bonds is 2. The fourth-order valence-corrected chi connectivity index (χ4v) is 1.51. The van der Waals surface area contributed by atoms with Crippen LogP contribution in [0.15, 0.2) is 18.2 Å². The summed E-state index contributed by atoms with van der Waals surface area (Å²) in [5, 5.41) is 1.06. The number of esters is 1. The highest BCUT2D eigenvalue weighted by Gasteiger charge is 1.96. The van der Waals surface area contributed by atoms with Crippen molar-refractivity contribution in [3.05, 3.63) is 33.8 Å². The first-order valence-corrected chi connectivity index (χ1v) is 5.48. The van der Waals surface area contributed by atoms with Crippen molar-refractivity contribution in [1.29, 1.82) is 0 Å². The number of hydrogen-bond acceptors (Lipinski definition) is 2. The van der Waals surface area contributed by atoms with Crippen LogP contribution in [0.5, 0.6) is 0 Å². The average Bonchev–Trinajstić information content (AvgIpc) is 2.22. The molecule has 4 heteroatoms. The van der Waals surface area contributed by atoms with E-state index in [4.69, 9.17) is 27.9 Å². The number of ether oxygens (including phenoxy) is 1. The minimum Gasteiger partial charge on any atom is -0.452 e. The molecule has 0 aliphatic carbocycles. The Morgan fingerprint density at radius 2 is 1.94 bits per heavy atom. The zero-order valence-electron chi connectivity index (χ0n) is 8.72. The normalized spacial score (nSPS) is 9.19. The van der Waals surface area contributed by atoms with Gasteiger partial charge in [-0.3, -0.25) is 4.79 Å². The van der Waals surface area contributed by atoms with E-state index >= 15 is 0 Å². The Kier molecular flexibility index (Phi) is 5.18. The molecule has 16 heavy (non-hydrogen) atoms. The molecule has 1 aromatic rings. The molecule has 2 nitrogen and oxygen atoms in total. The third kappa shape index (κ3) is 4.57. The second kappa shape index (κ2) is 6.42. The molecule has 0 N–H and O–H groups in total. The lowest BCUT2D eigenvalue weighted by Crippen LogP contribution is -2.01. The highest BCUT2D eigenvalue weighted by atomic mass is 35.5. The van der Waals surface area contributed by atoms with E-state index in [1.165, 1.54) is 0 Å². The molecule has 0 aliphatic rings. The van der Waals surface area contributed by atoms with Gasteiger partial charge in [0.15, 0.2) is 6.61 Å². The largest absolute Gasteiger partial charge is 0.452 e. The van der Waals surface area contributed by atoms with Crippen molar-refractivity contribution in [1.82, 2.24) is 0 Å². The predicted molar refractivity (Wildman–Crippen MR) is 64.6 cm³/mol. The van der Waals surface area contributed by atoms with Crippen molar-refractivity contribution < 1.29 is 9.53 Å². The first-order valence-electron chi connectivity index (χ1n) is 4.72. The number of halogens is 2. The molecule has 0 aliphatic heterocycles. The first-order chi connectivity index (χ1) is 7.61. The third-order valence-electron chi connectivity index (χ3n) is 1.69. The molecule has 0 atom stereocenters. The zero-order valence-corrected chi connectivity index (χ0v) is 10.2. The molecule has 0 radical (unpaired) electrons. The molecule has 0 amide bonds. The summed E-state index contributed by atoms with van der Waals surface area (Å²) in [6.07, 6.45) is 0.352. The van der Waals surface area contributed by atoms with Crippen molar-refractivity contribution in [3.63, 3.8) is 0 Å². The summed E-state index contributed by atoms with van der Waals surface area (Å²) in [7, 11) is 0. The molecule has 0 heterocycles. The monoisotopic (exact) mass is 256 g/mol. The van der Waals surface area contributed by atoms with Crippen LogP contribution in [0.1, 0.15) is 18.9 Å². The Morgan fingerprint density at radius 3 is 2.50 bits per heavy atom. The molecule has 0 saturated heterocycles. The fourth-order valence-electron chi connectivity index (χ4n) is 0.983. The molecule has 0 unspecified atom stereocenters. The van der Waals surface area contributed by atoms with Gasteiger partial charge in [-0.2, -0.15) is 0 Å². The molecule has 1 aromatic carbocycles. The number of carbonyl (C=O) groups is 1. The summed E-state index contributed by atoms with van der Waals surface area (Å²) in [5.41, 5.74) is 0.699. The summed E-state index contributed by atoms with van der Waals surface area (Å²) in [6, 6.07) is 5.02. The van der Waals surface area contributed by atoms with Crippen LogP contribution in [0.3, 0.4) is 0 Å². The van der Waals surface area contributed by atoms with E-state index in [2.05, 4.69) is 11.8 Å². The van der Waals surface area contributed by atoms with E-state index < -0.39 is 0 Å². The molecule has 0 bridgehead atoms. The Labute approximate surface area is 105 Å². The van der Waals surface area contributed by atoms with Crippen LogP contribution >= 0.6 is 23.2 Å². The summed E-state index contributed by atoms with van der Waals surface area (Å²) in [6.45, 7) is 1.81. The van der Waals surface area contributed by atoms with Crippen LogP contribution < -0.4 is 0 Å². The standard InChI is InChI=1S/C12H10Cl2O2/c1-2-12(15)16-5-3-4-9-6-10(13)8-11(14)7-9/h6-8H,2,5H2,1H3. The lowest BCUT2D eigenvalue weighted by molar-refractivity contribution is -0.141. The zero-order chi connectivity index (χ0) is 12.0. The van der Waals surface area contributed by atoms with Crippen LogP contribution in [0.25, 0.3) is 0 Å². The summed E-state index contributed by atoms with van der Waals surface area (Å²) in [5.74, 6) is 5.26. The van der Waals surface area contributed by atoms with Gasteiger partial charge in [-0.1, -0.05) is 42.0 Å². The lowest BCUT2D eigenvalue weighted by atomic mass is 10.2. The van der Waals surface area contributed by atoms with E-state index in [0.29, 0.717) is 22.0 Å². The molecule has 0 fully saturated rings. The van der Waals surface area contributed by atoms with Gasteiger partial charge in [0, 0.05) is 22.0 Å². The van der Waals surface area contributed by atoms with E-state index in [-0.39, 0.29) is 12.6 Å². The van der Waals surface area contributed by atoms with Crippen LogP contribution in [0, 0.1) is 11.8 Å². The van der Waals surface area contributed by atoms with Gasteiger partial charge in [0.05, 0.1) is 0 Å². The van der Waals surface area contributed by atoms with E-state index in [1.807, 2.05) is 0 Å². The number of benzene rings is 1. The van der Waals surface area contributed by atoms with Gasteiger partial charge in [0.25, 0.3) is 0 Å². The van der Waals surface area contributed by atoms with Gasteiger partial charge in [0.2, 0.25) is 0 Å². The molecule has 1 rings (SSSR count). The maximum absolute atomic E-state index is 10.8. The van der Waals surface area contributed by atoms with E-state index in [0.717, 1.165) is 0 Å². The highest BCUT2D eigenvalue weighted by Crippen LogP contribution is 2.18. The quantitative estimate of drug-likeness (QED) is 0.600. The van der Waals surface area contributed by atoms with E-state index in [9.17, 15) is 4.79 Å². The summed E-state index contributed by atoms with van der Waals surface area (Å²) >= 11 is 11.6. The molecular formula is C12H10Cl2O2.